The number of amides is 2. The highest BCUT2D eigenvalue weighted by atomic mass is 32.1. The molecule has 7 heteroatoms. The molecular formula is C20H24N4O2S. The lowest BCUT2D eigenvalue weighted by molar-refractivity contribution is -0.121. The van der Waals surface area contributed by atoms with Crippen LogP contribution in [-0.2, 0) is 4.79 Å². The Hall–Kier alpha value is -2.28. The molecule has 0 saturated heterocycles. The zero-order chi connectivity index (χ0) is 18.9. The summed E-state index contributed by atoms with van der Waals surface area (Å²) >= 11 is 1.31. The van der Waals surface area contributed by atoms with E-state index in [0.29, 0.717) is 17.2 Å². The van der Waals surface area contributed by atoms with Crippen LogP contribution in [0.1, 0.15) is 67.3 Å². The molecule has 1 aromatic heterocycles. The number of hydrogen-bond acceptors (Lipinski definition) is 5. The van der Waals surface area contributed by atoms with Crippen molar-refractivity contribution < 1.29 is 9.59 Å². The molecule has 27 heavy (non-hydrogen) atoms. The lowest BCUT2D eigenvalue weighted by Crippen LogP contribution is -2.60. The van der Waals surface area contributed by atoms with Crippen LogP contribution in [0.5, 0.6) is 0 Å². The van der Waals surface area contributed by atoms with E-state index in [4.69, 9.17) is 0 Å². The number of carbonyl (C=O) groups excluding carboxylic acids is 2. The first-order valence-electron chi connectivity index (χ1n) is 9.65. The van der Waals surface area contributed by atoms with Gasteiger partial charge >= 0.3 is 0 Å². The molecule has 2 aliphatic rings. The Kier molecular flexibility index (Phi) is 4.95. The van der Waals surface area contributed by atoms with E-state index in [1.165, 1.54) is 11.3 Å². The molecule has 0 radical (unpaired) electrons. The molecule has 1 spiro atoms. The normalized spacial score (nSPS) is 20.7. The number of nitrogens with one attached hydrogen (secondary N) is 1. The summed E-state index contributed by atoms with van der Waals surface area (Å²) in [6.07, 6.45) is 5.78. The summed E-state index contributed by atoms with van der Waals surface area (Å²) < 4.78 is 0. The van der Waals surface area contributed by atoms with Gasteiger partial charge in [-0.3, -0.25) is 14.9 Å². The van der Waals surface area contributed by atoms with Crippen molar-refractivity contribution in [2.24, 2.45) is 0 Å². The van der Waals surface area contributed by atoms with Gasteiger partial charge in [-0.1, -0.05) is 55.7 Å². The third kappa shape index (κ3) is 3.04. The van der Waals surface area contributed by atoms with Gasteiger partial charge in [-0.05, 0) is 30.9 Å². The van der Waals surface area contributed by atoms with E-state index in [0.717, 1.165) is 44.1 Å². The highest BCUT2D eigenvalue weighted by Crippen LogP contribution is 2.50. The maximum atomic E-state index is 13.4. The van der Waals surface area contributed by atoms with Crippen LogP contribution in [0.2, 0.25) is 0 Å². The van der Waals surface area contributed by atoms with Crippen LogP contribution in [0.25, 0.3) is 0 Å². The number of aromatic nitrogens is 2. The van der Waals surface area contributed by atoms with Crippen LogP contribution in [0.3, 0.4) is 0 Å². The minimum absolute atomic E-state index is 0.0703. The van der Waals surface area contributed by atoms with Crippen LogP contribution in [0.15, 0.2) is 29.8 Å². The van der Waals surface area contributed by atoms with Gasteiger partial charge in [0.2, 0.25) is 11.0 Å². The average Bonchev–Trinajstić information content (AvgIpc) is 3.35. The molecule has 1 unspecified atom stereocenters. The van der Waals surface area contributed by atoms with Gasteiger partial charge in [0.25, 0.3) is 5.91 Å². The Labute approximate surface area is 163 Å². The van der Waals surface area contributed by atoms with E-state index in [-0.39, 0.29) is 17.7 Å². The summed E-state index contributed by atoms with van der Waals surface area (Å²) in [5.74, 6) is -0.398. The van der Waals surface area contributed by atoms with Crippen molar-refractivity contribution in [3.8, 4) is 0 Å². The molecule has 1 saturated carbocycles. The number of carbonyl (C=O) groups is 2. The largest absolute Gasteiger partial charge is 0.332 e. The lowest BCUT2D eigenvalue weighted by atomic mass is 9.71. The molecule has 1 aliphatic heterocycles. The lowest BCUT2D eigenvalue weighted by Gasteiger charge is -2.50. The first-order chi connectivity index (χ1) is 13.2. The van der Waals surface area contributed by atoms with Crippen molar-refractivity contribution >= 4 is 28.3 Å². The van der Waals surface area contributed by atoms with Gasteiger partial charge in [0.15, 0.2) is 0 Å². The molecule has 6 nitrogen and oxygen atoms in total. The highest BCUT2D eigenvalue weighted by molar-refractivity contribution is 7.13. The number of nitrogens with zero attached hydrogens (tertiary/aromatic N) is 3. The third-order valence-electron chi connectivity index (χ3n) is 5.88. The van der Waals surface area contributed by atoms with Crippen LogP contribution >= 0.6 is 11.3 Å². The molecule has 2 amide bonds. The number of benzene rings is 1. The van der Waals surface area contributed by atoms with E-state index >= 15 is 0 Å². The molecule has 1 fully saturated rings. The minimum atomic E-state index is -0.435. The fourth-order valence-electron chi connectivity index (χ4n) is 4.71. The van der Waals surface area contributed by atoms with Gasteiger partial charge in [-0.15, -0.1) is 10.2 Å². The summed E-state index contributed by atoms with van der Waals surface area (Å²) in [5, 5.41) is 11.2. The summed E-state index contributed by atoms with van der Waals surface area (Å²) in [4.78, 5) is 28.8. The summed E-state index contributed by atoms with van der Waals surface area (Å²) in [5.41, 5.74) is 2.67. The van der Waals surface area contributed by atoms with Crippen molar-refractivity contribution in [3.05, 3.63) is 40.9 Å². The minimum Gasteiger partial charge on any atom is -0.332 e. The molecule has 1 atom stereocenters. The summed E-state index contributed by atoms with van der Waals surface area (Å²) in [7, 11) is 0. The van der Waals surface area contributed by atoms with Gasteiger partial charge in [0, 0.05) is 12.1 Å². The summed E-state index contributed by atoms with van der Waals surface area (Å²) in [6, 6.07) is 7.58. The second-order valence-corrected chi connectivity index (χ2v) is 8.21. The Morgan fingerprint density at radius 1 is 1.33 bits per heavy atom. The Balaban J connectivity index is 1.80. The Morgan fingerprint density at radius 3 is 2.81 bits per heavy atom. The molecule has 4 rings (SSSR count). The van der Waals surface area contributed by atoms with Crippen molar-refractivity contribution in [2.45, 2.75) is 56.9 Å². The fraction of sp³-hybridized carbons (Fsp3) is 0.500. The molecule has 2 heterocycles. The zero-order valence-corrected chi connectivity index (χ0v) is 16.3. The average molecular weight is 385 g/mol. The predicted octanol–water partition coefficient (Wildman–Crippen LogP) is 3.83. The predicted molar refractivity (Wildman–Crippen MR) is 105 cm³/mol. The number of rotatable bonds is 5. The Bertz CT molecular complexity index is 830. The van der Waals surface area contributed by atoms with E-state index in [1.807, 2.05) is 29.2 Å². The quantitative estimate of drug-likeness (QED) is 0.850. The Morgan fingerprint density at radius 2 is 2.11 bits per heavy atom. The first-order valence-corrected chi connectivity index (χ1v) is 10.5. The second-order valence-electron chi connectivity index (χ2n) is 7.37. The summed E-state index contributed by atoms with van der Waals surface area (Å²) in [6.45, 7) is 2.83. The maximum Gasteiger partial charge on any atom is 0.254 e. The highest BCUT2D eigenvalue weighted by Gasteiger charge is 2.55. The molecule has 2 aromatic rings. The van der Waals surface area contributed by atoms with Crippen LogP contribution < -0.4 is 5.32 Å². The van der Waals surface area contributed by atoms with E-state index in [2.05, 4.69) is 22.4 Å². The van der Waals surface area contributed by atoms with Crippen LogP contribution in [0.4, 0.5) is 5.13 Å². The van der Waals surface area contributed by atoms with Crippen molar-refractivity contribution in [2.75, 3.05) is 11.9 Å². The van der Waals surface area contributed by atoms with Crippen LogP contribution in [-0.4, -0.2) is 39.0 Å². The standard InChI is InChI=1S/C20H24N4O2S/c1-2-3-12-24-18(26)15-9-5-4-8-14(15)16(20(24)10-6-7-11-20)17(25)22-19-23-21-13-27-19/h4-5,8-9,13,16H,2-3,6-7,10-12H2,1H3,(H,22,23,25). The van der Waals surface area contributed by atoms with Crippen molar-refractivity contribution in [1.29, 1.82) is 0 Å². The van der Waals surface area contributed by atoms with Crippen molar-refractivity contribution in [1.82, 2.24) is 15.1 Å². The topological polar surface area (TPSA) is 75.2 Å². The molecule has 1 aromatic carbocycles. The van der Waals surface area contributed by atoms with Gasteiger partial charge in [-0.2, -0.15) is 0 Å². The van der Waals surface area contributed by atoms with Gasteiger partial charge in [0.05, 0.1) is 11.5 Å². The number of anilines is 1. The number of hydrogen-bond donors (Lipinski definition) is 1. The monoisotopic (exact) mass is 384 g/mol. The second kappa shape index (κ2) is 7.38. The van der Waals surface area contributed by atoms with Gasteiger partial charge < -0.3 is 4.90 Å². The third-order valence-corrected chi connectivity index (χ3v) is 6.49. The van der Waals surface area contributed by atoms with Crippen molar-refractivity contribution in [3.63, 3.8) is 0 Å². The zero-order valence-electron chi connectivity index (χ0n) is 15.5. The molecule has 1 aliphatic carbocycles. The fourth-order valence-corrected chi connectivity index (χ4v) is 5.16. The van der Waals surface area contributed by atoms with E-state index in [1.54, 1.807) is 5.51 Å². The van der Waals surface area contributed by atoms with E-state index < -0.39 is 5.54 Å². The van der Waals surface area contributed by atoms with E-state index in [9.17, 15) is 9.59 Å². The number of unbranched alkanes of at least 4 members (excludes halogenated alkanes) is 1. The smallest absolute Gasteiger partial charge is 0.254 e. The molecule has 1 N–H and O–H groups in total. The van der Waals surface area contributed by atoms with Gasteiger partial charge in [0.1, 0.15) is 5.51 Å². The number of fused-ring (bicyclic) bond motifs is 1. The van der Waals surface area contributed by atoms with Gasteiger partial charge in [-0.25, -0.2) is 0 Å². The van der Waals surface area contributed by atoms with Crippen LogP contribution in [0, 0.1) is 0 Å². The maximum absolute atomic E-state index is 13.4. The first kappa shape index (κ1) is 18.1. The molecular weight excluding hydrogens is 360 g/mol. The molecule has 0 bridgehead atoms. The SMILES string of the molecule is CCCCN1C(=O)c2ccccc2C(C(=O)Nc2nncs2)C12CCCC2. The molecule has 142 valence electrons.